The Labute approximate surface area is 206 Å². The van der Waals surface area contributed by atoms with Gasteiger partial charge < -0.3 is 10.6 Å². The smallest absolute Gasteiger partial charge is 0.267 e. The van der Waals surface area contributed by atoms with Crippen LogP contribution in [-0.2, 0) is 10.5 Å². The highest BCUT2D eigenvalue weighted by atomic mass is 35.5. The fraction of sp³-hybridized carbons (Fsp3) is 0.167. The fourth-order valence-corrected chi connectivity index (χ4v) is 5.08. The van der Waals surface area contributed by atoms with Crippen molar-refractivity contribution in [2.45, 2.75) is 12.7 Å². The van der Waals surface area contributed by atoms with Crippen LogP contribution in [0.25, 0.3) is 6.08 Å². The molecule has 0 saturated heterocycles. The van der Waals surface area contributed by atoms with Crippen LogP contribution in [0.2, 0.25) is 10.0 Å². The van der Waals surface area contributed by atoms with Crippen LogP contribution in [0.4, 0.5) is 0 Å². The lowest BCUT2D eigenvalue weighted by Crippen LogP contribution is -2.35. The molecule has 2 aromatic carbocycles. The third kappa shape index (κ3) is 7.14. The van der Waals surface area contributed by atoms with E-state index in [4.69, 9.17) is 23.2 Å². The van der Waals surface area contributed by atoms with E-state index in [0.29, 0.717) is 33.7 Å². The third-order valence-electron chi connectivity index (χ3n) is 4.44. The number of rotatable bonds is 9. The van der Waals surface area contributed by atoms with E-state index >= 15 is 0 Å². The predicted molar refractivity (Wildman–Crippen MR) is 137 cm³/mol. The Morgan fingerprint density at radius 2 is 1.81 bits per heavy atom. The van der Waals surface area contributed by atoms with Gasteiger partial charge in [-0.15, -0.1) is 11.3 Å². The van der Waals surface area contributed by atoms with Crippen molar-refractivity contribution in [1.29, 1.82) is 0 Å². The molecule has 1 aromatic heterocycles. The summed E-state index contributed by atoms with van der Waals surface area (Å²) >= 11 is 15.5. The number of amides is 2. The third-order valence-corrected chi connectivity index (χ3v) is 6.96. The number of carbonyl (C=O) groups is 2. The van der Waals surface area contributed by atoms with Gasteiger partial charge in [-0.3, -0.25) is 9.59 Å². The molecule has 8 heteroatoms. The van der Waals surface area contributed by atoms with Crippen molar-refractivity contribution in [3.63, 3.8) is 0 Å². The van der Waals surface area contributed by atoms with Crippen LogP contribution in [0, 0.1) is 6.92 Å². The van der Waals surface area contributed by atoms with Crippen LogP contribution in [0.15, 0.2) is 65.7 Å². The van der Waals surface area contributed by atoms with Gasteiger partial charge in [-0.05, 0) is 54.3 Å². The van der Waals surface area contributed by atoms with Gasteiger partial charge in [-0.1, -0.05) is 53.0 Å². The Morgan fingerprint density at radius 3 is 2.50 bits per heavy atom. The van der Waals surface area contributed by atoms with Gasteiger partial charge >= 0.3 is 0 Å². The van der Waals surface area contributed by atoms with Crippen molar-refractivity contribution in [3.05, 3.63) is 97.3 Å². The van der Waals surface area contributed by atoms with E-state index in [2.05, 4.69) is 10.6 Å². The molecule has 1 heterocycles. The molecule has 0 unspecified atom stereocenters. The average Bonchev–Trinajstić information content (AvgIpc) is 3.28. The number of nitrogens with one attached hydrogen (secondary N) is 2. The quantitative estimate of drug-likeness (QED) is 0.270. The van der Waals surface area contributed by atoms with Gasteiger partial charge in [0.05, 0.1) is 0 Å². The second kappa shape index (κ2) is 12.1. The predicted octanol–water partition coefficient (Wildman–Crippen LogP) is 6.18. The van der Waals surface area contributed by atoms with Crippen LogP contribution in [0.3, 0.4) is 0 Å². The lowest BCUT2D eigenvalue weighted by Gasteiger charge is -2.11. The molecule has 0 aliphatic rings. The largest absolute Gasteiger partial charge is 0.350 e. The Hall–Kier alpha value is -2.25. The molecule has 166 valence electrons. The maximum Gasteiger partial charge on any atom is 0.267 e. The highest BCUT2D eigenvalue weighted by molar-refractivity contribution is 7.98. The summed E-state index contributed by atoms with van der Waals surface area (Å²) in [7, 11) is 0. The van der Waals surface area contributed by atoms with E-state index in [9.17, 15) is 9.59 Å². The van der Waals surface area contributed by atoms with Crippen LogP contribution in [-0.4, -0.2) is 24.1 Å². The van der Waals surface area contributed by atoms with Gasteiger partial charge in [0.15, 0.2) is 0 Å². The number of benzene rings is 2. The lowest BCUT2D eigenvalue weighted by atomic mass is 10.1. The van der Waals surface area contributed by atoms with Gasteiger partial charge in [0.1, 0.15) is 5.70 Å². The highest BCUT2D eigenvalue weighted by Crippen LogP contribution is 2.28. The van der Waals surface area contributed by atoms with Crippen molar-refractivity contribution in [2.24, 2.45) is 0 Å². The first-order valence-corrected chi connectivity index (χ1v) is 12.6. The molecule has 0 aliphatic carbocycles. The Balaban J connectivity index is 1.58. The second-order valence-electron chi connectivity index (χ2n) is 6.91. The molecule has 0 radical (unpaired) electrons. The molecule has 2 amide bonds. The normalized spacial score (nSPS) is 11.3. The van der Waals surface area contributed by atoms with Crippen molar-refractivity contribution < 1.29 is 9.59 Å². The van der Waals surface area contributed by atoms with Crippen LogP contribution in [0.1, 0.15) is 26.4 Å². The lowest BCUT2D eigenvalue weighted by molar-refractivity contribution is -0.117. The van der Waals surface area contributed by atoms with Crippen molar-refractivity contribution >= 4 is 64.2 Å². The fourth-order valence-electron chi connectivity index (χ4n) is 2.83. The molecule has 4 nitrogen and oxygen atoms in total. The summed E-state index contributed by atoms with van der Waals surface area (Å²) < 4.78 is 0. The van der Waals surface area contributed by atoms with E-state index in [1.165, 1.54) is 11.3 Å². The van der Waals surface area contributed by atoms with Crippen molar-refractivity contribution in [2.75, 3.05) is 12.3 Å². The summed E-state index contributed by atoms with van der Waals surface area (Å²) in [6.45, 7) is 2.35. The van der Waals surface area contributed by atoms with Crippen LogP contribution < -0.4 is 10.6 Å². The summed E-state index contributed by atoms with van der Waals surface area (Å²) in [5, 5.41) is 8.81. The molecular weight excluding hydrogens is 483 g/mol. The van der Waals surface area contributed by atoms with Crippen molar-refractivity contribution in [1.82, 2.24) is 10.6 Å². The number of aryl methyl sites for hydroxylation is 1. The Morgan fingerprint density at radius 1 is 1.06 bits per heavy atom. The highest BCUT2D eigenvalue weighted by Gasteiger charge is 2.15. The van der Waals surface area contributed by atoms with E-state index < -0.39 is 0 Å². The van der Waals surface area contributed by atoms with Gasteiger partial charge in [0, 0.05) is 38.5 Å². The Kier molecular flexibility index (Phi) is 9.23. The first-order chi connectivity index (χ1) is 15.4. The van der Waals surface area contributed by atoms with Crippen molar-refractivity contribution in [3.8, 4) is 0 Å². The number of hydrogen-bond donors (Lipinski definition) is 2. The number of carbonyl (C=O) groups excluding carboxylic acids is 2. The molecule has 0 bridgehead atoms. The van der Waals surface area contributed by atoms with Gasteiger partial charge in [0.2, 0.25) is 0 Å². The molecular formula is C24H22Cl2N2O2S2. The summed E-state index contributed by atoms with van der Waals surface area (Å²) in [5.74, 6) is 0.659. The molecule has 3 aromatic rings. The first kappa shape index (κ1) is 24.4. The second-order valence-corrected chi connectivity index (χ2v) is 9.80. The summed E-state index contributed by atoms with van der Waals surface area (Å²) in [6.07, 6.45) is 1.68. The van der Waals surface area contributed by atoms with Crippen LogP contribution in [0.5, 0.6) is 0 Å². The zero-order chi connectivity index (χ0) is 22.9. The summed E-state index contributed by atoms with van der Waals surface area (Å²) in [4.78, 5) is 26.4. The van der Waals surface area contributed by atoms with Crippen LogP contribution >= 0.6 is 46.3 Å². The molecule has 3 rings (SSSR count). The Bertz CT molecular complexity index is 1090. The topological polar surface area (TPSA) is 58.2 Å². The number of thioether (sulfide) groups is 1. The maximum atomic E-state index is 12.8. The molecule has 0 aliphatic heterocycles. The van der Waals surface area contributed by atoms with E-state index in [1.54, 1.807) is 30.0 Å². The number of thiophene rings is 1. The minimum atomic E-state index is -0.337. The molecule has 0 atom stereocenters. The van der Waals surface area contributed by atoms with E-state index in [1.807, 2.05) is 54.8 Å². The zero-order valence-electron chi connectivity index (χ0n) is 17.4. The number of hydrogen-bond acceptors (Lipinski definition) is 4. The van der Waals surface area contributed by atoms with Gasteiger partial charge in [-0.25, -0.2) is 0 Å². The maximum absolute atomic E-state index is 12.8. The average molecular weight is 505 g/mol. The standard InChI is InChI=1S/C24H22Cl2N2O2S2/c1-16-5-2-6-17(13-16)23(29)28-22(14-18-7-4-11-32-18)24(30)27-10-12-31-15-19-20(25)8-3-9-21(19)26/h2-9,11,13-14H,10,12,15H2,1H3,(H,27,30)(H,28,29)/b22-14-. The monoisotopic (exact) mass is 504 g/mol. The van der Waals surface area contributed by atoms with Gasteiger partial charge in [0.25, 0.3) is 11.8 Å². The zero-order valence-corrected chi connectivity index (χ0v) is 20.5. The molecule has 2 N–H and O–H groups in total. The first-order valence-electron chi connectivity index (χ1n) is 9.86. The minimum Gasteiger partial charge on any atom is -0.350 e. The van der Waals surface area contributed by atoms with E-state index in [0.717, 1.165) is 16.0 Å². The summed E-state index contributed by atoms with van der Waals surface area (Å²) in [6, 6.07) is 16.4. The summed E-state index contributed by atoms with van der Waals surface area (Å²) in [5.41, 5.74) is 2.57. The number of halogens is 2. The van der Waals surface area contributed by atoms with Gasteiger partial charge in [-0.2, -0.15) is 11.8 Å². The molecule has 0 fully saturated rings. The molecule has 0 saturated carbocycles. The SMILES string of the molecule is Cc1cccc(C(=O)N/C(=C\c2cccs2)C(=O)NCCSCc2c(Cl)cccc2Cl)c1. The molecule has 0 spiro atoms. The molecule has 32 heavy (non-hydrogen) atoms. The minimum absolute atomic E-state index is 0.207. The van der Waals surface area contributed by atoms with E-state index in [-0.39, 0.29) is 17.5 Å².